The normalized spacial score (nSPS) is 20.5. The van der Waals surface area contributed by atoms with Crippen LogP contribution >= 0.6 is 11.3 Å². The number of carbonyl (C=O) groups is 1. The van der Waals surface area contributed by atoms with Gasteiger partial charge < -0.3 is 10.1 Å². The number of rotatable bonds is 2. The summed E-state index contributed by atoms with van der Waals surface area (Å²) >= 11 is 1.53. The van der Waals surface area contributed by atoms with Gasteiger partial charge in [0.05, 0.1) is 6.04 Å². The van der Waals surface area contributed by atoms with Crippen molar-refractivity contribution >= 4 is 17.3 Å². The lowest BCUT2D eigenvalue weighted by molar-refractivity contribution is 0.00635. The van der Waals surface area contributed by atoms with Gasteiger partial charge in [-0.3, -0.25) is 0 Å². The molecule has 0 radical (unpaired) electrons. The van der Waals surface area contributed by atoms with Gasteiger partial charge in [-0.25, -0.2) is 9.78 Å². The predicted octanol–water partition coefficient (Wildman–Crippen LogP) is 2.52. The maximum absolute atomic E-state index is 11.8. The molecular formula is C12H18N2O2S. The highest BCUT2D eigenvalue weighted by molar-refractivity contribution is 7.09. The van der Waals surface area contributed by atoms with Crippen LogP contribution in [0.1, 0.15) is 55.2 Å². The van der Waals surface area contributed by atoms with Crippen molar-refractivity contribution < 1.29 is 9.53 Å². The number of nitrogens with zero attached hydrogens (tertiary/aromatic N) is 1. The Morgan fingerprint density at radius 1 is 1.59 bits per heavy atom. The Kier molecular flexibility index (Phi) is 3.49. The zero-order chi connectivity index (χ0) is 12.5. The highest BCUT2D eigenvalue weighted by atomic mass is 32.1. The molecule has 0 saturated carbocycles. The van der Waals surface area contributed by atoms with Crippen molar-refractivity contribution in [3.63, 3.8) is 0 Å². The molecule has 1 atom stereocenters. The van der Waals surface area contributed by atoms with Crippen molar-refractivity contribution in [2.75, 3.05) is 6.54 Å². The molecule has 4 nitrogen and oxygen atoms in total. The van der Waals surface area contributed by atoms with Crippen molar-refractivity contribution in [3.05, 3.63) is 16.1 Å². The molecule has 0 aromatic carbocycles. The fraction of sp³-hybridized carbons (Fsp3) is 0.667. The predicted molar refractivity (Wildman–Crippen MR) is 67.3 cm³/mol. The van der Waals surface area contributed by atoms with Gasteiger partial charge in [0.2, 0.25) is 0 Å². The first kappa shape index (κ1) is 12.5. The molecule has 5 heteroatoms. The molecule has 0 aliphatic carbocycles. The molecular weight excluding hydrogens is 236 g/mol. The van der Waals surface area contributed by atoms with E-state index in [0.29, 0.717) is 11.7 Å². The molecule has 0 spiro atoms. The summed E-state index contributed by atoms with van der Waals surface area (Å²) in [4.78, 5) is 16.1. The van der Waals surface area contributed by atoms with Crippen LogP contribution in [0.5, 0.6) is 0 Å². The van der Waals surface area contributed by atoms with Crippen LogP contribution in [0.3, 0.4) is 0 Å². The molecule has 1 aliphatic rings. The van der Waals surface area contributed by atoms with Gasteiger partial charge in [-0.2, -0.15) is 0 Å². The van der Waals surface area contributed by atoms with E-state index in [1.807, 2.05) is 20.8 Å². The molecule has 1 unspecified atom stereocenters. The van der Waals surface area contributed by atoms with Gasteiger partial charge in [-0.1, -0.05) is 0 Å². The Morgan fingerprint density at radius 3 is 2.94 bits per heavy atom. The van der Waals surface area contributed by atoms with Gasteiger partial charge in [0.25, 0.3) is 0 Å². The zero-order valence-corrected chi connectivity index (χ0v) is 11.3. The van der Waals surface area contributed by atoms with Crippen molar-refractivity contribution in [3.8, 4) is 0 Å². The lowest BCUT2D eigenvalue weighted by Gasteiger charge is -2.18. The van der Waals surface area contributed by atoms with Gasteiger partial charge in [0.1, 0.15) is 10.6 Å². The first-order valence-electron chi connectivity index (χ1n) is 5.88. The molecule has 2 heterocycles. The Balaban J connectivity index is 2.04. The molecule has 1 N–H and O–H groups in total. The van der Waals surface area contributed by atoms with E-state index >= 15 is 0 Å². The first-order valence-corrected chi connectivity index (χ1v) is 6.76. The average Bonchev–Trinajstić information content (AvgIpc) is 2.86. The molecule has 1 aliphatic heterocycles. The van der Waals surface area contributed by atoms with Crippen molar-refractivity contribution in [1.29, 1.82) is 0 Å². The van der Waals surface area contributed by atoms with Crippen LogP contribution in [0.4, 0.5) is 0 Å². The van der Waals surface area contributed by atoms with Crippen LogP contribution in [-0.4, -0.2) is 23.1 Å². The maximum Gasteiger partial charge on any atom is 0.358 e. The van der Waals surface area contributed by atoms with Gasteiger partial charge in [-0.15, -0.1) is 11.3 Å². The molecule has 1 aromatic heterocycles. The summed E-state index contributed by atoms with van der Waals surface area (Å²) in [5, 5.41) is 6.14. The SMILES string of the molecule is CC(C)(C)OC(=O)c1csc(C2CCCN2)n1. The number of ether oxygens (including phenoxy) is 1. The summed E-state index contributed by atoms with van der Waals surface area (Å²) in [6, 6.07) is 0.316. The standard InChI is InChI=1S/C12H18N2O2S/c1-12(2,3)16-11(15)9-7-17-10(14-9)8-5-4-6-13-8/h7-8,13H,4-6H2,1-3H3. The fourth-order valence-electron chi connectivity index (χ4n) is 1.77. The van der Waals surface area contributed by atoms with Gasteiger partial charge in [0, 0.05) is 5.38 Å². The quantitative estimate of drug-likeness (QED) is 0.824. The summed E-state index contributed by atoms with van der Waals surface area (Å²) in [5.74, 6) is -0.335. The average molecular weight is 254 g/mol. The third-order valence-electron chi connectivity index (χ3n) is 2.49. The van der Waals surface area contributed by atoms with E-state index in [-0.39, 0.29) is 5.97 Å². The number of esters is 1. The largest absolute Gasteiger partial charge is 0.455 e. The smallest absolute Gasteiger partial charge is 0.358 e. The minimum Gasteiger partial charge on any atom is -0.455 e. The number of carbonyl (C=O) groups excluding carboxylic acids is 1. The Hall–Kier alpha value is -0.940. The van der Waals surface area contributed by atoms with Crippen molar-refractivity contribution in [2.45, 2.75) is 45.3 Å². The molecule has 0 amide bonds. The third-order valence-corrected chi connectivity index (χ3v) is 3.45. The maximum atomic E-state index is 11.8. The summed E-state index contributed by atoms with van der Waals surface area (Å²) in [5.41, 5.74) is -0.0411. The molecule has 94 valence electrons. The van der Waals surface area contributed by atoms with Crippen LogP contribution in [-0.2, 0) is 4.74 Å². The molecule has 17 heavy (non-hydrogen) atoms. The lowest BCUT2D eigenvalue weighted by Crippen LogP contribution is -2.24. The van der Waals surface area contributed by atoms with E-state index in [0.717, 1.165) is 18.0 Å². The third kappa shape index (κ3) is 3.26. The number of hydrogen-bond donors (Lipinski definition) is 1. The number of hydrogen-bond acceptors (Lipinski definition) is 5. The van der Waals surface area contributed by atoms with Gasteiger partial charge in [0.15, 0.2) is 5.69 Å². The second-order valence-electron chi connectivity index (χ2n) is 5.22. The number of aromatic nitrogens is 1. The first-order chi connectivity index (χ1) is 7.96. The van der Waals surface area contributed by atoms with Crippen LogP contribution in [0.2, 0.25) is 0 Å². The summed E-state index contributed by atoms with van der Waals surface area (Å²) in [7, 11) is 0. The van der Waals surface area contributed by atoms with E-state index in [1.54, 1.807) is 5.38 Å². The zero-order valence-electron chi connectivity index (χ0n) is 10.4. The second kappa shape index (κ2) is 4.74. The van der Waals surface area contributed by atoms with Crippen LogP contribution < -0.4 is 5.32 Å². The second-order valence-corrected chi connectivity index (χ2v) is 6.11. The number of thiazole rings is 1. The van der Waals surface area contributed by atoms with Crippen LogP contribution in [0.15, 0.2) is 5.38 Å². The van der Waals surface area contributed by atoms with E-state index < -0.39 is 5.60 Å². The monoisotopic (exact) mass is 254 g/mol. The number of nitrogens with one attached hydrogen (secondary N) is 1. The minimum atomic E-state index is -0.466. The summed E-state index contributed by atoms with van der Waals surface area (Å²) < 4.78 is 5.28. The lowest BCUT2D eigenvalue weighted by atomic mass is 10.2. The highest BCUT2D eigenvalue weighted by Gasteiger charge is 2.23. The van der Waals surface area contributed by atoms with E-state index in [2.05, 4.69) is 10.3 Å². The van der Waals surface area contributed by atoms with Gasteiger partial charge >= 0.3 is 5.97 Å². The van der Waals surface area contributed by atoms with E-state index in [4.69, 9.17) is 4.74 Å². The Labute approximate surface area is 105 Å². The highest BCUT2D eigenvalue weighted by Crippen LogP contribution is 2.26. The van der Waals surface area contributed by atoms with Crippen molar-refractivity contribution in [1.82, 2.24) is 10.3 Å². The minimum absolute atomic E-state index is 0.316. The molecule has 1 saturated heterocycles. The van der Waals surface area contributed by atoms with Gasteiger partial charge in [-0.05, 0) is 40.2 Å². The summed E-state index contributed by atoms with van der Waals surface area (Å²) in [6.45, 7) is 6.61. The topological polar surface area (TPSA) is 51.2 Å². The molecule has 1 fully saturated rings. The molecule has 1 aromatic rings. The molecule has 0 bridgehead atoms. The summed E-state index contributed by atoms with van der Waals surface area (Å²) in [6.07, 6.45) is 2.27. The fourth-order valence-corrected chi connectivity index (χ4v) is 2.66. The Morgan fingerprint density at radius 2 is 2.35 bits per heavy atom. The molecule has 2 rings (SSSR count). The van der Waals surface area contributed by atoms with E-state index in [9.17, 15) is 4.79 Å². The Bertz CT molecular complexity index is 403. The van der Waals surface area contributed by atoms with E-state index in [1.165, 1.54) is 17.8 Å². The van der Waals surface area contributed by atoms with Crippen molar-refractivity contribution in [2.24, 2.45) is 0 Å². The van der Waals surface area contributed by atoms with Crippen LogP contribution in [0.25, 0.3) is 0 Å². The van der Waals surface area contributed by atoms with Crippen LogP contribution in [0, 0.1) is 0 Å².